The maximum atomic E-state index is 5.93. The van der Waals surface area contributed by atoms with E-state index >= 15 is 0 Å². The van der Waals surface area contributed by atoms with E-state index in [4.69, 9.17) is 4.74 Å². The normalized spacial score (nSPS) is 22.0. The molecule has 0 amide bonds. The Kier molecular flexibility index (Phi) is 4.86. The average Bonchev–Trinajstić information content (AvgIpc) is 3.09. The second-order valence-electron chi connectivity index (χ2n) is 5.97. The van der Waals surface area contributed by atoms with Crippen LogP contribution in [-0.2, 0) is 4.74 Å². The second kappa shape index (κ2) is 7.25. The molecule has 1 unspecified atom stereocenters. The van der Waals surface area contributed by atoms with Crippen molar-refractivity contribution in [3.05, 3.63) is 28.5 Å². The van der Waals surface area contributed by atoms with Gasteiger partial charge in [0.15, 0.2) is 0 Å². The standard InChI is InChI=1S/C16H21N5OS2/c1-12-10-24-16(19-12)13-9-21(2-5-22-13)15-8-14(17-11-18-15)20-3-6-23-7-4-20/h8,10-11,13H,2-7,9H2,1H3. The van der Waals surface area contributed by atoms with Gasteiger partial charge in [0.1, 0.15) is 29.1 Å². The Morgan fingerprint density at radius 2 is 1.92 bits per heavy atom. The molecule has 0 radical (unpaired) electrons. The topological polar surface area (TPSA) is 54.4 Å². The predicted octanol–water partition coefficient (Wildman–Crippen LogP) is 2.37. The molecule has 24 heavy (non-hydrogen) atoms. The van der Waals surface area contributed by atoms with Gasteiger partial charge in [-0.3, -0.25) is 0 Å². The van der Waals surface area contributed by atoms with Crippen molar-refractivity contribution < 1.29 is 4.74 Å². The average molecular weight is 364 g/mol. The van der Waals surface area contributed by atoms with Gasteiger partial charge in [0, 0.05) is 48.3 Å². The monoisotopic (exact) mass is 363 g/mol. The maximum absolute atomic E-state index is 5.93. The molecule has 2 aliphatic rings. The van der Waals surface area contributed by atoms with E-state index in [9.17, 15) is 0 Å². The lowest BCUT2D eigenvalue weighted by Gasteiger charge is -2.33. The van der Waals surface area contributed by atoms with Gasteiger partial charge in [-0.25, -0.2) is 15.0 Å². The maximum Gasteiger partial charge on any atom is 0.134 e. The lowest BCUT2D eigenvalue weighted by Crippen LogP contribution is -2.39. The summed E-state index contributed by atoms with van der Waals surface area (Å²) in [6.07, 6.45) is 1.71. The van der Waals surface area contributed by atoms with Crippen LogP contribution in [0.15, 0.2) is 17.8 Å². The number of hydrogen-bond donors (Lipinski definition) is 0. The molecule has 0 aromatic carbocycles. The number of hydrogen-bond acceptors (Lipinski definition) is 8. The summed E-state index contributed by atoms with van der Waals surface area (Å²) in [6, 6.07) is 2.12. The first-order valence-corrected chi connectivity index (χ1v) is 10.3. The number of rotatable bonds is 3. The zero-order valence-electron chi connectivity index (χ0n) is 13.7. The van der Waals surface area contributed by atoms with E-state index < -0.39 is 0 Å². The van der Waals surface area contributed by atoms with Gasteiger partial charge >= 0.3 is 0 Å². The Morgan fingerprint density at radius 3 is 2.67 bits per heavy atom. The largest absolute Gasteiger partial charge is 0.367 e. The molecular formula is C16H21N5OS2. The molecule has 0 aliphatic carbocycles. The summed E-state index contributed by atoms with van der Waals surface area (Å²) in [5, 5.41) is 3.13. The molecule has 0 N–H and O–H groups in total. The van der Waals surface area contributed by atoms with Crippen LogP contribution in [0.1, 0.15) is 16.8 Å². The van der Waals surface area contributed by atoms with Crippen LogP contribution < -0.4 is 9.80 Å². The fraction of sp³-hybridized carbons (Fsp3) is 0.562. The van der Waals surface area contributed by atoms with Crippen molar-refractivity contribution in [2.24, 2.45) is 0 Å². The highest BCUT2D eigenvalue weighted by Gasteiger charge is 2.25. The highest BCUT2D eigenvalue weighted by atomic mass is 32.2. The molecule has 6 nitrogen and oxygen atoms in total. The lowest BCUT2D eigenvalue weighted by molar-refractivity contribution is 0.0393. The van der Waals surface area contributed by atoms with E-state index in [-0.39, 0.29) is 6.10 Å². The molecule has 2 fully saturated rings. The van der Waals surface area contributed by atoms with Crippen LogP contribution in [0.3, 0.4) is 0 Å². The predicted molar refractivity (Wildman–Crippen MR) is 99.3 cm³/mol. The van der Waals surface area contributed by atoms with Crippen molar-refractivity contribution in [3.8, 4) is 0 Å². The van der Waals surface area contributed by atoms with E-state index in [2.05, 4.69) is 36.2 Å². The fourth-order valence-corrected chi connectivity index (χ4v) is 4.74. The third-order valence-corrected chi connectivity index (χ3v) is 6.27. The van der Waals surface area contributed by atoms with Crippen molar-refractivity contribution in [1.29, 1.82) is 0 Å². The van der Waals surface area contributed by atoms with Gasteiger partial charge in [-0.1, -0.05) is 0 Å². The Hall–Kier alpha value is -1.38. The molecule has 4 heterocycles. The molecule has 2 aliphatic heterocycles. The van der Waals surface area contributed by atoms with Gasteiger partial charge < -0.3 is 14.5 Å². The third kappa shape index (κ3) is 3.50. The zero-order valence-corrected chi connectivity index (χ0v) is 15.4. The van der Waals surface area contributed by atoms with Crippen molar-refractivity contribution in [2.75, 3.05) is 54.1 Å². The van der Waals surface area contributed by atoms with Crippen molar-refractivity contribution in [3.63, 3.8) is 0 Å². The first-order chi connectivity index (χ1) is 11.8. The van der Waals surface area contributed by atoms with Gasteiger partial charge in [-0.2, -0.15) is 11.8 Å². The van der Waals surface area contributed by atoms with Gasteiger partial charge in [0.2, 0.25) is 0 Å². The van der Waals surface area contributed by atoms with Gasteiger partial charge in [0.05, 0.1) is 13.2 Å². The molecule has 2 saturated heterocycles. The van der Waals surface area contributed by atoms with Crippen LogP contribution in [0.2, 0.25) is 0 Å². The zero-order chi connectivity index (χ0) is 16.4. The minimum atomic E-state index is 0.0299. The molecular weight excluding hydrogens is 342 g/mol. The number of aryl methyl sites for hydroxylation is 1. The van der Waals surface area contributed by atoms with Gasteiger partial charge in [0.25, 0.3) is 0 Å². The molecule has 128 valence electrons. The Balaban J connectivity index is 1.50. The summed E-state index contributed by atoms with van der Waals surface area (Å²) in [7, 11) is 0. The SMILES string of the molecule is Cc1csc(C2CN(c3cc(N4CCSCC4)ncn3)CCO2)n1. The summed E-state index contributed by atoms with van der Waals surface area (Å²) in [4.78, 5) is 18.2. The summed E-state index contributed by atoms with van der Waals surface area (Å²) < 4.78 is 5.93. The number of nitrogens with zero attached hydrogens (tertiary/aromatic N) is 5. The summed E-state index contributed by atoms with van der Waals surface area (Å²) in [5.74, 6) is 4.36. The van der Waals surface area contributed by atoms with Gasteiger partial charge in [-0.05, 0) is 6.92 Å². The highest BCUT2D eigenvalue weighted by molar-refractivity contribution is 7.99. The van der Waals surface area contributed by atoms with Gasteiger partial charge in [-0.15, -0.1) is 11.3 Å². The molecule has 8 heteroatoms. The van der Waals surface area contributed by atoms with Crippen LogP contribution in [0.4, 0.5) is 11.6 Å². The van der Waals surface area contributed by atoms with Crippen LogP contribution in [0.25, 0.3) is 0 Å². The fourth-order valence-electron chi connectivity index (χ4n) is 3.00. The number of aromatic nitrogens is 3. The van der Waals surface area contributed by atoms with Crippen molar-refractivity contribution in [1.82, 2.24) is 15.0 Å². The van der Waals surface area contributed by atoms with Crippen LogP contribution >= 0.6 is 23.1 Å². The van der Waals surface area contributed by atoms with Crippen LogP contribution in [0, 0.1) is 6.92 Å². The first kappa shape index (κ1) is 16.1. The molecule has 0 bridgehead atoms. The van der Waals surface area contributed by atoms with E-state index in [0.29, 0.717) is 6.61 Å². The van der Waals surface area contributed by atoms with Crippen LogP contribution in [-0.4, -0.2) is 59.2 Å². The Morgan fingerprint density at radius 1 is 1.12 bits per heavy atom. The number of morpholine rings is 1. The number of ether oxygens (including phenoxy) is 1. The third-order valence-electron chi connectivity index (χ3n) is 4.28. The van der Waals surface area contributed by atoms with E-state index in [1.165, 1.54) is 11.5 Å². The minimum absolute atomic E-state index is 0.0299. The smallest absolute Gasteiger partial charge is 0.134 e. The molecule has 2 aromatic heterocycles. The number of thioether (sulfide) groups is 1. The minimum Gasteiger partial charge on any atom is -0.367 e. The first-order valence-electron chi connectivity index (χ1n) is 8.23. The van der Waals surface area contributed by atoms with Crippen LogP contribution in [0.5, 0.6) is 0 Å². The molecule has 0 saturated carbocycles. The number of thiazole rings is 1. The molecule has 1 atom stereocenters. The summed E-state index contributed by atoms with van der Waals surface area (Å²) in [5.41, 5.74) is 1.06. The van der Waals surface area contributed by atoms with Crippen molar-refractivity contribution >= 4 is 34.7 Å². The molecule has 4 rings (SSSR count). The highest BCUT2D eigenvalue weighted by Crippen LogP contribution is 2.28. The molecule has 0 spiro atoms. The lowest BCUT2D eigenvalue weighted by atomic mass is 10.2. The van der Waals surface area contributed by atoms with E-state index in [0.717, 1.165) is 48.5 Å². The summed E-state index contributed by atoms with van der Waals surface area (Å²) in [6.45, 7) is 6.49. The Labute approximate surface area is 150 Å². The molecule has 2 aromatic rings. The van der Waals surface area contributed by atoms with E-state index in [1.807, 2.05) is 18.7 Å². The second-order valence-corrected chi connectivity index (χ2v) is 8.08. The Bertz CT molecular complexity index is 689. The summed E-state index contributed by atoms with van der Waals surface area (Å²) >= 11 is 3.68. The number of anilines is 2. The van der Waals surface area contributed by atoms with E-state index in [1.54, 1.807) is 17.7 Å². The quantitative estimate of drug-likeness (QED) is 0.830. The van der Waals surface area contributed by atoms with Crippen molar-refractivity contribution in [2.45, 2.75) is 13.0 Å².